The number of aryl methyl sites for hydroxylation is 1. The van der Waals surface area contributed by atoms with Gasteiger partial charge in [-0.05, 0) is 41.7 Å². The number of ether oxygens (including phenoxy) is 1. The van der Waals surface area contributed by atoms with Crippen LogP contribution in [0.15, 0.2) is 48.5 Å². The second-order valence-electron chi connectivity index (χ2n) is 6.22. The molecule has 0 saturated heterocycles. The number of aliphatic hydroxyl groups is 1. The van der Waals surface area contributed by atoms with Gasteiger partial charge >= 0.3 is 0 Å². The minimum Gasteiger partial charge on any atom is -0.491 e. The molecule has 1 N–H and O–H groups in total. The summed E-state index contributed by atoms with van der Waals surface area (Å²) in [6.45, 7) is 5.04. The van der Waals surface area contributed by atoms with Crippen molar-refractivity contribution in [1.29, 1.82) is 0 Å². The first kappa shape index (κ1) is 18.8. The lowest BCUT2D eigenvalue weighted by Gasteiger charge is -2.30. The van der Waals surface area contributed by atoms with E-state index in [9.17, 15) is 5.11 Å². The summed E-state index contributed by atoms with van der Waals surface area (Å²) in [7, 11) is 0. The maximum atomic E-state index is 10.2. The zero-order valence-corrected chi connectivity index (χ0v) is 15.0. The van der Waals surface area contributed by atoms with Crippen molar-refractivity contribution in [3.8, 4) is 5.75 Å². The van der Waals surface area contributed by atoms with Gasteiger partial charge in [0, 0.05) is 19.6 Å². The Labute approximate surface area is 150 Å². The summed E-state index contributed by atoms with van der Waals surface area (Å²) in [5.41, 5.74) is 4.11. The monoisotopic (exact) mass is 347 g/mol. The Hall–Kier alpha value is -1.55. The maximum Gasteiger partial charge on any atom is 0.119 e. The predicted molar refractivity (Wildman–Crippen MR) is 100.0 cm³/mol. The van der Waals surface area contributed by atoms with Gasteiger partial charge < -0.3 is 9.84 Å². The van der Waals surface area contributed by atoms with Crippen molar-refractivity contribution in [2.24, 2.45) is 0 Å². The normalized spacial score (nSPS) is 15.2. The van der Waals surface area contributed by atoms with E-state index in [-0.39, 0.29) is 12.4 Å². The van der Waals surface area contributed by atoms with Crippen molar-refractivity contribution in [2.75, 3.05) is 19.7 Å². The fraction of sp³-hybridized carbons (Fsp3) is 0.400. The highest BCUT2D eigenvalue weighted by Crippen LogP contribution is 2.19. The molecule has 1 aliphatic rings. The SMILES string of the molecule is CCc1ccc(OCC(O)CN2CCc3ccccc3C2)cc1.Cl. The van der Waals surface area contributed by atoms with Crippen molar-refractivity contribution in [2.45, 2.75) is 32.4 Å². The Morgan fingerprint density at radius 3 is 2.50 bits per heavy atom. The molecule has 1 aliphatic heterocycles. The van der Waals surface area contributed by atoms with E-state index in [1.54, 1.807) is 0 Å². The molecular weight excluding hydrogens is 322 g/mol. The predicted octanol–water partition coefficient (Wildman–Crippen LogP) is 3.47. The van der Waals surface area contributed by atoms with Gasteiger partial charge in [-0.25, -0.2) is 0 Å². The molecule has 4 heteroatoms. The van der Waals surface area contributed by atoms with E-state index < -0.39 is 6.10 Å². The molecule has 3 nitrogen and oxygen atoms in total. The van der Waals surface area contributed by atoms with Crippen LogP contribution >= 0.6 is 12.4 Å². The molecule has 1 unspecified atom stereocenters. The number of aliphatic hydroxyl groups excluding tert-OH is 1. The number of fused-ring (bicyclic) bond motifs is 1. The van der Waals surface area contributed by atoms with E-state index in [1.165, 1.54) is 16.7 Å². The molecule has 24 heavy (non-hydrogen) atoms. The average Bonchev–Trinajstić information content (AvgIpc) is 2.60. The van der Waals surface area contributed by atoms with E-state index in [0.717, 1.165) is 31.7 Å². The molecule has 1 atom stereocenters. The Morgan fingerprint density at radius 2 is 1.79 bits per heavy atom. The van der Waals surface area contributed by atoms with Gasteiger partial charge in [-0.15, -0.1) is 12.4 Å². The van der Waals surface area contributed by atoms with Crippen LogP contribution in [0.3, 0.4) is 0 Å². The number of hydrogen-bond donors (Lipinski definition) is 1. The summed E-state index contributed by atoms with van der Waals surface area (Å²) in [6.07, 6.45) is 1.62. The van der Waals surface area contributed by atoms with E-state index in [1.807, 2.05) is 12.1 Å². The van der Waals surface area contributed by atoms with Crippen LogP contribution in [0.1, 0.15) is 23.6 Å². The van der Waals surface area contributed by atoms with E-state index in [0.29, 0.717) is 13.2 Å². The summed E-state index contributed by atoms with van der Waals surface area (Å²) < 4.78 is 5.70. The van der Waals surface area contributed by atoms with Crippen molar-refractivity contribution in [3.05, 3.63) is 65.2 Å². The van der Waals surface area contributed by atoms with Gasteiger partial charge in [-0.1, -0.05) is 43.3 Å². The third-order valence-electron chi connectivity index (χ3n) is 4.45. The fourth-order valence-electron chi connectivity index (χ4n) is 3.07. The topological polar surface area (TPSA) is 32.7 Å². The summed E-state index contributed by atoms with van der Waals surface area (Å²) >= 11 is 0. The van der Waals surface area contributed by atoms with Crippen LogP contribution in [0.2, 0.25) is 0 Å². The van der Waals surface area contributed by atoms with Crippen LogP contribution in [0.5, 0.6) is 5.75 Å². The molecule has 0 spiro atoms. The van der Waals surface area contributed by atoms with Crippen LogP contribution < -0.4 is 4.74 Å². The highest BCUT2D eigenvalue weighted by atomic mass is 35.5. The lowest BCUT2D eigenvalue weighted by molar-refractivity contribution is 0.0638. The summed E-state index contributed by atoms with van der Waals surface area (Å²) in [6, 6.07) is 16.7. The van der Waals surface area contributed by atoms with Crippen LogP contribution in [0.25, 0.3) is 0 Å². The molecule has 0 saturated carbocycles. The quantitative estimate of drug-likeness (QED) is 0.868. The molecular formula is C20H26ClNO2. The number of rotatable bonds is 6. The van der Waals surface area contributed by atoms with Crippen LogP contribution in [-0.4, -0.2) is 35.8 Å². The molecule has 2 aromatic carbocycles. The zero-order valence-electron chi connectivity index (χ0n) is 14.1. The molecule has 0 fully saturated rings. The third-order valence-corrected chi connectivity index (χ3v) is 4.45. The first-order chi connectivity index (χ1) is 11.2. The van der Waals surface area contributed by atoms with Crippen LogP contribution in [-0.2, 0) is 19.4 Å². The average molecular weight is 348 g/mol. The third kappa shape index (κ3) is 4.97. The Kier molecular flexibility index (Phi) is 7.10. The van der Waals surface area contributed by atoms with Crippen molar-refractivity contribution in [3.63, 3.8) is 0 Å². The first-order valence-corrected chi connectivity index (χ1v) is 8.43. The summed E-state index contributed by atoms with van der Waals surface area (Å²) in [5, 5.41) is 10.2. The minimum atomic E-state index is -0.467. The number of hydrogen-bond acceptors (Lipinski definition) is 3. The molecule has 0 radical (unpaired) electrons. The standard InChI is InChI=1S/C20H25NO2.ClH/c1-2-16-7-9-20(10-8-16)23-15-19(22)14-21-12-11-17-5-3-4-6-18(17)13-21;/h3-10,19,22H,2,11-15H2,1H3;1H. The molecule has 130 valence electrons. The lowest BCUT2D eigenvalue weighted by Crippen LogP contribution is -2.38. The lowest BCUT2D eigenvalue weighted by atomic mass is 10.00. The molecule has 0 aromatic heterocycles. The first-order valence-electron chi connectivity index (χ1n) is 8.43. The second-order valence-corrected chi connectivity index (χ2v) is 6.22. The molecule has 0 amide bonds. The van der Waals surface area contributed by atoms with Gasteiger partial charge in [0.1, 0.15) is 18.5 Å². The number of β-amino-alcohol motifs (C(OH)–C–C–N with tert-alkyl or cyclic N) is 1. The largest absolute Gasteiger partial charge is 0.491 e. The second kappa shape index (κ2) is 9.07. The molecule has 2 aromatic rings. The Bertz CT molecular complexity index is 630. The molecule has 0 bridgehead atoms. The van der Waals surface area contributed by atoms with Gasteiger partial charge in [0.15, 0.2) is 0 Å². The van der Waals surface area contributed by atoms with E-state index >= 15 is 0 Å². The van der Waals surface area contributed by atoms with Crippen LogP contribution in [0, 0.1) is 0 Å². The molecule has 1 heterocycles. The number of halogens is 1. The van der Waals surface area contributed by atoms with E-state index in [4.69, 9.17) is 4.74 Å². The smallest absolute Gasteiger partial charge is 0.119 e. The Balaban J connectivity index is 0.00000208. The molecule has 0 aliphatic carbocycles. The van der Waals surface area contributed by atoms with Crippen molar-refractivity contribution < 1.29 is 9.84 Å². The maximum absolute atomic E-state index is 10.2. The fourth-order valence-corrected chi connectivity index (χ4v) is 3.07. The highest BCUT2D eigenvalue weighted by molar-refractivity contribution is 5.85. The van der Waals surface area contributed by atoms with Crippen molar-refractivity contribution >= 4 is 12.4 Å². The van der Waals surface area contributed by atoms with Gasteiger partial charge in [-0.2, -0.15) is 0 Å². The highest BCUT2D eigenvalue weighted by Gasteiger charge is 2.18. The minimum absolute atomic E-state index is 0. The van der Waals surface area contributed by atoms with Crippen molar-refractivity contribution in [1.82, 2.24) is 4.90 Å². The Morgan fingerprint density at radius 1 is 1.08 bits per heavy atom. The van der Waals surface area contributed by atoms with Gasteiger partial charge in [0.25, 0.3) is 0 Å². The van der Waals surface area contributed by atoms with Gasteiger partial charge in [0.2, 0.25) is 0 Å². The number of nitrogens with zero attached hydrogens (tertiary/aromatic N) is 1. The zero-order chi connectivity index (χ0) is 16.1. The summed E-state index contributed by atoms with van der Waals surface area (Å²) in [5.74, 6) is 0.824. The van der Waals surface area contributed by atoms with Gasteiger partial charge in [0.05, 0.1) is 0 Å². The van der Waals surface area contributed by atoms with Gasteiger partial charge in [-0.3, -0.25) is 4.90 Å². The van der Waals surface area contributed by atoms with E-state index in [2.05, 4.69) is 48.2 Å². The summed E-state index contributed by atoms with van der Waals surface area (Å²) in [4.78, 5) is 2.30. The number of benzene rings is 2. The van der Waals surface area contributed by atoms with Crippen LogP contribution in [0.4, 0.5) is 0 Å². The molecule has 3 rings (SSSR count).